The highest BCUT2D eigenvalue weighted by molar-refractivity contribution is 6.31. The van der Waals surface area contributed by atoms with Crippen molar-refractivity contribution in [1.29, 1.82) is 0 Å². The van der Waals surface area contributed by atoms with Crippen LogP contribution >= 0.6 is 11.6 Å². The molecule has 0 saturated carbocycles. The fourth-order valence-corrected chi connectivity index (χ4v) is 4.38. The number of aryl methyl sites for hydroxylation is 1. The zero-order valence-corrected chi connectivity index (χ0v) is 24.6. The Kier molecular flexibility index (Phi) is 9.02. The van der Waals surface area contributed by atoms with E-state index in [1.807, 2.05) is 56.7 Å². The summed E-state index contributed by atoms with van der Waals surface area (Å²) in [6, 6.07) is 17.6. The zero-order valence-electron chi connectivity index (χ0n) is 23.8. The van der Waals surface area contributed by atoms with Gasteiger partial charge in [0.15, 0.2) is 0 Å². The number of anilines is 4. The second-order valence-corrected chi connectivity index (χ2v) is 10.0. The fraction of sp³-hybridized carbons (Fsp3) is 0.276. The van der Waals surface area contributed by atoms with Gasteiger partial charge >= 0.3 is 6.01 Å². The highest BCUT2D eigenvalue weighted by Crippen LogP contribution is 2.28. The van der Waals surface area contributed by atoms with Gasteiger partial charge in [0.05, 0.1) is 20.4 Å². The standard InChI is InChI=1S/C29H32ClN9O3/c1-38(2)28-33-27(32-21-14-23(40-3)16-24(15-21)41-4)34-29(35-28)42-18-22-17-39(37-36-22)12-6-11-31-26-8-5-7-19-13-20(30)9-10-25(19)26/h5,7-10,13-17,31H,6,11-12,18H2,1-4H3,(H,32,33,34,35). The van der Waals surface area contributed by atoms with Crippen LogP contribution in [0, 0.1) is 0 Å². The molecule has 5 aromatic rings. The maximum absolute atomic E-state index is 6.13. The molecule has 0 aliphatic rings. The van der Waals surface area contributed by atoms with Gasteiger partial charge in [0, 0.05) is 67.2 Å². The summed E-state index contributed by atoms with van der Waals surface area (Å²) in [6.45, 7) is 1.63. The number of aromatic nitrogens is 6. The molecular formula is C29H32ClN9O3. The molecule has 2 N–H and O–H groups in total. The van der Waals surface area contributed by atoms with Crippen molar-refractivity contribution in [2.45, 2.75) is 19.6 Å². The number of halogens is 1. The summed E-state index contributed by atoms with van der Waals surface area (Å²) < 4.78 is 18.4. The summed E-state index contributed by atoms with van der Waals surface area (Å²) >= 11 is 6.13. The number of ether oxygens (including phenoxy) is 3. The smallest absolute Gasteiger partial charge is 0.323 e. The van der Waals surface area contributed by atoms with Crippen LogP contribution in [0.15, 0.2) is 60.8 Å². The number of benzene rings is 3. The minimum absolute atomic E-state index is 0.153. The molecule has 3 aromatic carbocycles. The third kappa shape index (κ3) is 7.26. The first-order chi connectivity index (χ1) is 20.4. The van der Waals surface area contributed by atoms with E-state index in [9.17, 15) is 0 Å². The van der Waals surface area contributed by atoms with Gasteiger partial charge in [-0.15, -0.1) is 5.10 Å². The largest absolute Gasteiger partial charge is 0.497 e. The fourth-order valence-electron chi connectivity index (χ4n) is 4.20. The molecule has 0 radical (unpaired) electrons. The molecule has 5 rings (SSSR count). The van der Waals surface area contributed by atoms with Crippen molar-refractivity contribution in [2.24, 2.45) is 0 Å². The summed E-state index contributed by atoms with van der Waals surface area (Å²) in [5.74, 6) is 2.01. The van der Waals surface area contributed by atoms with Gasteiger partial charge in [0.25, 0.3) is 0 Å². The van der Waals surface area contributed by atoms with E-state index in [1.165, 1.54) is 0 Å². The number of fused-ring (bicyclic) bond motifs is 1. The Balaban J connectivity index is 1.17. The molecule has 42 heavy (non-hydrogen) atoms. The van der Waals surface area contributed by atoms with Gasteiger partial charge in [-0.2, -0.15) is 15.0 Å². The molecule has 218 valence electrons. The lowest BCUT2D eigenvalue weighted by atomic mass is 10.1. The van der Waals surface area contributed by atoms with Crippen LogP contribution in [-0.2, 0) is 13.2 Å². The van der Waals surface area contributed by atoms with E-state index in [0.29, 0.717) is 41.3 Å². The SMILES string of the molecule is COc1cc(Nc2nc(OCc3cn(CCCNc4cccc5cc(Cl)ccc45)nn3)nc(N(C)C)n2)cc(OC)c1. The van der Waals surface area contributed by atoms with Crippen molar-refractivity contribution in [2.75, 3.05) is 50.4 Å². The first-order valence-corrected chi connectivity index (χ1v) is 13.7. The van der Waals surface area contributed by atoms with Crippen LogP contribution in [0.5, 0.6) is 17.5 Å². The molecule has 0 unspecified atom stereocenters. The van der Waals surface area contributed by atoms with Crippen LogP contribution in [0.3, 0.4) is 0 Å². The van der Waals surface area contributed by atoms with Gasteiger partial charge in [-0.3, -0.25) is 4.68 Å². The quantitative estimate of drug-likeness (QED) is 0.177. The average Bonchev–Trinajstić information content (AvgIpc) is 3.45. The average molecular weight is 590 g/mol. The zero-order chi connectivity index (χ0) is 29.5. The lowest BCUT2D eigenvalue weighted by Gasteiger charge is -2.14. The first kappa shape index (κ1) is 28.7. The third-order valence-corrected chi connectivity index (χ3v) is 6.50. The van der Waals surface area contributed by atoms with Gasteiger partial charge in [-0.05, 0) is 30.0 Å². The minimum atomic E-state index is 0.153. The van der Waals surface area contributed by atoms with Crippen LogP contribution in [0.2, 0.25) is 5.02 Å². The predicted octanol–water partition coefficient (Wildman–Crippen LogP) is 5.18. The number of methoxy groups -OCH3 is 2. The summed E-state index contributed by atoms with van der Waals surface area (Å²) in [7, 11) is 6.86. The van der Waals surface area contributed by atoms with Crippen LogP contribution in [0.1, 0.15) is 12.1 Å². The number of hydrogen-bond acceptors (Lipinski definition) is 11. The van der Waals surface area contributed by atoms with Gasteiger partial charge in [-0.25, -0.2) is 0 Å². The molecule has 12 nitrogen and oxygen atoms in total. The number of hydrogen-bond donors (Lipinski definition) is 2. The molecule has 0 spiro atoms. The van der Waals surface area contributed by atoms with Crippen molar-refractivity contribution in [1.82, 2.24) is 29.9 Å². The summed E-state index contributed by atoms with van der Waals surface area (Å²) in [4.78, 5) is 15.1. The molecular weight excluding hydrogens is 558 g/mol. The van der Waals surface area contributed by atoms with E-state index < -0.39 is 0 Å². The van der Waals surface area contributed by atoms with Crippen molar-refractivity contribution >= 4 is 45.6 Å². The van der Waals surface area contributed by atoms with E-state index >= 15 is 0 Å². The Labute approximate surface area is 248 Å². The predicted molar refractivity (Wildman–Crippen MR) is 163 cm³/mol. The van der Waals surface area contributed by atoms with Gasteiger partial charge in [-0.1, -0.05) is 35.0 Å². The maximum Gasteiger partial charge on any atom is 0.323 e. The Morgan fingerprint density at radius 2 is 1.76 bits per heavy atom. The monoisotopic (exact) mass is 589 g/mol. The Morgan fingerprint density at radius 3 is 2.52 bits per heavy atom. The Morgan fingerprint density at radius 1 is 0.952 bits per heavy atom. The topological polar surface area (TPSA) is 124 Å². The molecule has 0 fully saturated rings. The Bertz CT molecular complexity index is 1640. The molecule has 0 saturated heterocycles. The highest BCUT2D eigenvalue weighted by atomic mass is 35.5. The molecule has 0 aliphatic carbocycles. The van der Waals surface area contributed by atoms with E-state index in [1.54, 1.807) is 29.9 Å². The number of nitrogens with zero attached hydrogens (tertiary/aromatic N) is 7. The molecule has 0 bridgehead atoms. The Hall–Kier alpha value is -4.84. The van der Waals surface area contributed by atoms with Gasteiger partial charge in [0.1, 0.15) is 23.8 Å². The first-order valence-electron chi connectivity index (χ1n) is 13.3. The molecule has 0 aliphatic heterocycles. The highest BCUT2D eigenvalue weighted by Gasteiger charge is 2.12. The lowest BCUT2D eigenvalue weighted by Crippen LogP contribution is -2.15. The third-order valence-electron chi connectivity index (χ3n) is 6.27. The van der Waals surface area contributed by atoms with E-state index in [0.717, 1.165) is 34.4 Å². The maximum atomic E-state index is 6.13. The number of nitrogens with one attached hydrogen (secondary N) is 2. The molecule has 13 heteroatoms. The molecule has 0 amide bonds. The van der Waals surface area contributed by atoms with Gasteiger partial charge in [0.2, 0.25) is 11.9 Å². The normalized spacial score (nSPS) is 10.9. The summed E-state index contributed by atoms with van der Waals surface area (Å²) in [6.07, 6.45) is 2.72. The van der Waals surface area contributed by atoms with Crippen LogP contribution in [0.25, 0.3) is 10.8 Å². The molecule has 2 heterocycles. The number of rotatable bonds is 13. The van der Waals surface area contributed by atoms with Crippen molar-refractivity contribution in [3.63, 3.8) is 0 Å². The lowest BCUT2D eigenvalue weighted by molar-refractivity contribution is 0.276. The van der Waals surface area contributed by atoms with E-state index in [-0.39, 0.29) is 12.6 Å². The van der Waals surface area contributed by atoms with Gasteiger partial charge < -0.3 is 29.7 Å². The van der Waals surface area contributed by atoms with Crippen molar-refractivity contribution in [3.8, 4) is 17.5 Å². The second-order valence-electron chi connectivity index (χ2n) is 9.58. The van der Waals surface area contributed by atoms with Crippen LogP contribution in [-0.4, -0.2) is 64.8 Å². The molecule has 0 atom stereocenters. The van der Waals surface area contributed by atoms with Crippen molar-refractivity contribution < 1.29 is 14.2 Å². The van der Waals surface area contributed by atoms with Crippen molar-refractivity contribution in [3.05, 3.63) is 71.5 Å². The minimum Gasteiger partial charge on any atom is -0.497 e. The molecule has 2 aromatic heterocycles. The summed E-state index contributed by atoms with van der Waals surface area (Å²) in [5, 5.41) is 18.1. The van der Waals surface area contributed by atoms with E-state index in [4.69, 9.17) is 25.8 Å². The van der Waals surface area contributed by atoms with Crippen LogP contribution in [0.4, 0.5) is 23.3 Å². The van der Waals surface area contributed by atoms with E-state index in [2.05, 4.69) is 48.0 Å². The second kappa shape index (κ2) is 13.2. The van der Waals surface area contributed by atoms with Crippen LogP contribution < -0.4 is 29.7 Å². The summed E-state index contributed by atoms with van der Waals surface area (Å²) in [5.41, 5.74) is 2.42.